The Morgan fingerprint density at radius 3 is 2.20 bits per heavy atom. The average Bonchev–Trinajstić information content (AvgIpc) is 2.54. The van der Waals surface area contributed by atoms with Gasteiger partial charge in [0.1, 0.15) is 5.75 Å². The molecule has 6 heteroatoms. The minimum Gasteiger partial charge on any atom is -0.491 e. The van der Waals surface area contributed by atoms with E-state index in [1.54, 1.807) is 24.3 Å². The Hall–Kier alpha value is -3.02. The molecule has 0 aromatic heterocycles. The first kappa shape index (κ1) is 18.3. The fourth-order valence-corrected chi connectivity index (χ4v) is 2.18. The van der Waals surface area contributed by atoms with Gasteiger partial charge in [0, 0.05) is 30.1 Å². The van der Waals surface area contributed by atoms with Crippen LogP contribution in [0, 0.1) is 0 Å². The van der Waals surface area contributed by atoms with Crippen LogP contribution >= 0.6 is 0 Å². The molecule has 0 unspecified atom stereocenters. The summed E-state index contributed by atoms with van der Waals surface area (Å²) in [6.45, 7) is 5.51. The van der Waals surface area contributed by atoms with E-state index in [9.17, 15) is 9.59 Å². The Kier molecular flexibility index (Phi) is 6.39. The van der Waals surface area contributed by atoms with Crippen LogP contribution in [0.5, 0.6) is 5.75 Å². The summed E-state index contributed by atoms with van der Waals surface area (Å²) in [4.78, 5) is 23.0. The smallest absolute Gasteiger partial charge is 0.243 e. The van der Waals surface area contributed by atoms with E-state index in [1.807, 2.05) is 38.1 Å². The Morgan fingerprint density at radius 2 is 1.60 bits per heavy atom. The maximum absolute atomic E-state index is 12.0. The molecule has 0 heterocycles. The Bertz CT molecular complexity index is 727. The molecule has 0 atom stereocenters. The number of ether oxygens (including phenoxy) is 1. The summed E-state index contributed by atoms with van der Waals surface area (Å²) in [6.07, 6.45) is 0.0963. The number of carbonyl (C=O) groups is 2. The first-order chi connectivity index (χ1) is 11.9. The number of nitrogens with one attached hydrogen (secondary N) is 3. The van der Waals surface area contributed by atoms with Gasteiger partial charge in [0.15, 0.2) is 0 Å². The summed E-state index contributed by atoms with van der Waals surface area (Å²) in [5.41, 5.74) is 2.16. The lowest BCUT2D eigenvalue weighted by molar-refractivity contribution is -0.115. The first-order valence-corrected chi connectivity index (χ1v) is 8.10. The molecule has 0 aliphatic heterocycles. The quantitative estimate of drug-likeness (QED) is 0.720. The maximum atomic E-state index is 12.0. The van der Waals surface area contributed by atoms with Gasteiger partial charge >= 0.3 is 0 Å². The molecule has 3 N–H and O–H groups in total. The third-order valence-electron chi connectivity index (χ3n) is 3.15. The molecule has 0 radical (unpaired) electrons. The topological polar surface area (TPSA) is 79.5 Å². The average molecular weight is 341 g/mol. The molecule has 0 saturated heterocycles. The van der Waals surface area contributed by atoms with Crippen LogP contribution in [0.4, 0.5) is 17.1 Å². The van der Waals surface area contributed by atoms with Crippen molar-refractivity contribution in [3.05, 3.63) is 48.5 Å². The zero-order chi connectivity index (χ0) is 18.2. The van der Waals surface area contributed by atoms with Crippen LogP contribution in [0.2, 0.25) is 0 Å². The molecule has 0 bridgehead atoms. The Morgan fingerprint density at radius 1 is 0.960 bits per heavy atom. The van der Waals surface area contributed by atoms with Crippen molar-refractivity contribution in [3.8, 4) is 5.75 Å². The molecule has 25 heavy (non-hydrogen) atoms. The number of anilines is 3. The van der Waals surface area contributed by atoms with Gasteiger partial charge in [0.05, 0.1) is 12.6 Å². The molecule has 0 aliphatic rings. The zero-order valence-corrected chi connectivity index (χ0v) is 14.6. The highest BCUT2D eigenvalue weighted by molar-refractivity contribution is 5.94. The van der Waals surface area contributed by atoms with Crippen molar-refractivity contribution in [1.29, 1.82) is 0 Å². The molecule has 2 amide bonds. The third-order valence-corrected chi connectivity index (χ3v) is 3.15. The van der Waals surface area contributed by atoms with Crippen molar-refractivity contribution in [2.75, 3.05) is 22.5 Å². The summed E-state index contributed by atoms with van der Waals surface area (Å²) in [5, 5.41) is 8.54. The molecule has 0 fully saturated rings. The summed E-state index contributed by atoms with van der Waals surface area (Å²) in [5.74, 6) is 0.459. The van der Waals surface area contributed by atoms with Crippen molar-refractivity contribution >= 4 is 28.9 Å². The molecular formula is C19H23N3O3. The monoisotopic (exact) mass is 341 g/mol. The van der Waals surface area contributed by atoms with Crippen LogP contribution in [0.3, 0.4) is 0 Å². The summed E-state index contributed by atoms with van der Waals surface area (Å²) >= 11 is 0. The predicted molar refractivity (Wildman–Crippen MR) is 100 cm³/mol. The second-order valence-corrected chi connectivity index (χ2v) is 5.85. The normalized spacial score (nSPS) is 10.2. The van der Waals surface area contributed by atoms with Gasteiger partial charge in [0.2, 0.25) is 11.8 Å². The van der Waals surface area contributed by atoms with E-state index in [-0.39, 0.29) is 24.5 Å². The van der Waals surface area contributed by atoms with E-state index in [0.717, 1.165) is 11.4 Å². The van der Waals surface area contributed by atoms with Gasteiger partial charge in [-0.15, -0.1) is 0 Å². The van der Waals surface area contributed by atoms with Gasteiger partial charge in [-0.1, -0.05) is 6.07 Å². The second kappa shape index (κ2) is 8.73. The Labute approximate surface area is 147 Å². The van der Waals surface area contributed by atoms with E-state index in [1.165, 1.54) is 6.92 Å². The van der Waals surface area contributed by atoms with Gasteiger partial charge in [-0.25, -0.2) is 0 Å². The van der Waals surface area contributed by atoms with E-state index >= 15 is 0 Å². The van der Waals surface area contributed by atoms with Crippen LogP contribution in [0.25, 0.3) is 0 Å². The van der Waals surface area contributed by atoms with E-state index < -0.39 is 0 Å². The number of carbonyl (C=O) groups excluding carboxylic acids is 2. The fourth-order valence-electron chi connectivity index (χ4n) is 2.18. The van der Waals surface area contributed by atoms with Gasteiger partial charge < -0.3 is 20.7 Å². The second-order valence-electron chi connectivity index (χ2n) is 5.85. The van der Waals surface area contributed by atoms with Crippen molar-refractivity contribution in [2.45, 2.75) is 26.9 Å². The standard InChI is InChI=1S/C19H23N3O3/c1-13(2)25-18-6-4-5-17(11-18)20-12-19(24)22-16-9-7-15(8-10-16)21-14(3)23/h4-11,13,20H,12H2,1-3H3,(H,21,23)(H,22,24). The molecule has 2 aromatic rings. The molecular weight excluding hydrogens is 318 g/mol. The van der Waals surface area contributed by atoms with Crippen molar-refractivity contribution in [1.82, 2.24) is 0 Å². The molecule has 0 spiro atoms. The van der Waals surface area contributed by atoms with Gasteiger partial charge in [-0.05, 0) is 50.2 Å². The van der Waals surface area contributed by atoms with Crippen LogP contribution in [0.15, 0.2) is 48.5 Å². The van der Waals surface area contributed by atoms with E-state index in [4.69, 9.17) is 4.74 Å². The molecule has 132 valence electrons. The predicted octanol–water partition coefficient (Wildman–Crippen LogP) is 3.48. The molecule has 2 rings (SSSR count). The minimum absolute atomic E-state index is 0.0963. The summed E-state index contributed by atoms with van der Waals surface area (Å²) in [6, 6.07) is 14.4. The highest BCUT2D eigenvalue weighted by atomic mass is 16.5. The highest BCUT2D eigenvalue weighted by Crippen LogP contribution is 2.18. The zero-order valence-electron chi connectivity index (χ0n) is 14.6. The third kappa shape index (κ3) is 6.55. The maximum Gasteiger partial charge on any atom is 0.243 e. The van der Waals surface area contributed by atoms with Crippen LogP contribution in [-0.2, 0) is 9.59 Å². The van der Waals surface area contributed by atoms with Crippen LogP contribution in [-0.4, -0.2) is 24.5 Å². The lowest BCUT2D eigenvalue weighted by atomic mass is 10.2. The number of benzene rings is 2. The lowest BCUT2D eigenvalue weighted by Gasteiger charge is -2.12. The molecule has 6 nitrogen and oxygen atoms in total. The van der Waals surface area contributed by atoms with Crippen LogP contribution < -0.4 is 20.7 Å². The van der Waals surface area contributed by atoms with Gasteiger partial charge in [-0.2, -0.15) is 0 Å². The number of hydrogen-bond donors (Lipinski definition) is 3. The minimum atomic E-state index is -0.164. The molecule has 2 aromatic carbocycles. The Balaban J connectivity index is 1.85. The van der Waals surface area contributed by atoms with Crippen molar-refractivity contribution in [3.63, 3.8) is 0 Å². The van der Waals surface area contributed by atoms with Crippen molar-refractivity contribution < 1.29 is 14.3 Å². The fraction of sp³-hybridized carbons (Fsp3) is 0.263. The first-order valence-electron chi connectivity index (χ1n) is 8.10. The summed E-state index contributed by atoms with van der Waals surface area (Å²) in [7, 11) is 0. The number of rotatable bonds is 7. The van der Waals surface area contributed by atoms with Crippen molar-refractivity contribution in [2.24, 2.45) is 0 Å². The van der Waals surface area contributed by atoms with Gasteiger partial charge in [-0.3, -0.25) is 9.59 Å². The van der Waals surface area contributed by atoms with E-state index in [0.29, 0.717) is 11.4 Å². The largest absolute Gasteiger partial charge is 0.491 e. The molecule has 0 saturated carbocycles. The number of amides is 2. The molecule has 0 aliphatic carbocycles. The SMILES string of the molecule is CC(=O)Nc1ccc(NC(=O)CNc2cccc(OC(C)C)c2)cc1. The summed E-state index contributed by atoms with van der Waals surface area (Å²) < 4.78 is 5.63. The van der Waals surface area contributed by atoms with Gasteiger partial charge in [0.25, 0.3) is 0 Å². The van der Waals surface area contributed by atoms with Crippen LogP contribution in [0.1, 0.15) is 20.8 Å². The highest BCUT2D eigenvalue weighted by Gasteiger charge is 2.04. The van der Waals surface area contributed by atoms with E-state index in [2.05, 4.69) is 16.0 Å². The lowest BCUT2D eigenvalue weighted by Crippen LogP contribution is -2.21. The number of hydrogen-bond acceptors (Lipinski definition) is 4.